The van der Waals surface area contributed by atoms with Gasteiger partial charge in [-0.05, 0) is 60.6 Å². The summed E-state index contributed by atoms with van der Waals surface area (Å²) in [5, 5.41) is 5.98. The predicted octanol–water partition coefficient (Wildman–Crippen LogP) is 4.65. The van der Waals surface area contributed by atoms with Crippen molar-refractivity contribution in [2.24, 2.45) is 0 Å². The van der Waals surface area contributed by atoms with Gasteiger partial charge in [-0.3, -0.25) is 9.59 Å². The maximum absolute atomic E-state index is 12.8. The third-order valence-corrected chi connectivity index (χ3v) is 4.66. The van der Waals surface area contributed by atoms with Crippen molar-refractivity contribution in [1.82, 2.24) is 0 Å². The Morgan fingerprint density at radius 1 is 1.16 bits per heavy atom. The summed E-state index contributed by atoms with van der Waals surface area (Å²) < 4.78 is 0. The molecule has 0 atom stereocenters. The van der Waals surface area contributed by atoms with Crippen LogP contribution in [-0.4, -0.2) is 11.8 Å². The minimum absolute atomic E-state index is 0.0393. The number of hydrogen-bond acceptors (Lipinski definition) is 2. The van der Waals surface area contributed by atoms with E-state index in [0.717, 1.165) is 40.9 Å². The number of benzene rings is 2. The molecule has 130 valence electrons. The first-order valence-electron chi connectivity index (χ1n) is 8.79. The molecular formula is C21H24N2O2. The van der Waals surface area contributed by atoms with Crippen LogP contribution in [0.1, 0.15) is 59.7 Å². The van der Waals surface area contributed by atoms with Gasteiger partial charge in [0.05, 0.1) is 0 Å². The first-order valence-corrected chi connectivity index (χ1v) is 8.79. The molecule has 2 N–H and O–H groups in total. The third-order valence-electron chi connectivity index (χ3n) is 4.66. The van der Waals surface area contributed by atoms with Gasteiger partial charge in [0.1, 0.15) is 0 Å². The van der Waals surface area contributed by atoms with Crippen molar-refractivity contribution in [2.75, 3.05) is 10.6 Å². The van der Waals surface area contributed by atoms with Crippen molar-refractivity contribution in [3.8, 4) is 0 Å². The normalized spacial score (nSPS) is 13.8. The molecule has 0 bridgehead atoms. The molecule has 1 aliphatic rings. The fourth-order valence-electron chi connectivity index (χ4n) is 3.24. The summed E-state index contributed by atoms with van der Waals surface area (Å²) >= 11 is 0. The number of anilines is 2. The molecule has 4 nitrogen and oxygen atoms in total. The third kappa shape index (κ3) is 3.73. The van der Waals surface area contributed by atoms with Crippen LogP contribution in [0.15, 0.2) is 36.4 Å². The highest BCUT2D eigenvalue weighted by atomic mass is 16.2. The Morgan fingerprint density at radius 3 is 2.72 bits per heavy atom. The molecule has 0 unspecified atom stereocenters. The second-order valence-electron chi connectivity index (χ2n) is 6.92. The molecule has 0 saturated heterocycles. The van der Waals surface area contributed by atoms with Crippen molar-refractivity contribution in [3.05, 3.63) is 58.7 Å². The maximum atomic E-state index is 12.8. The molecule has 1 aliphatic heterocycles. The molecule has 3 rings (SSSR count). The Kier molecular flexibility index (Phi) is 4.88. The standard InChI is InChI=1S/C21H24N2O2/c1-13(2)17-8-4-6-14(3)20(17)23-21(25)16-10-11-18-15(12-16)7-5-9-19(24)22-18/h4,6,8,10-13H,5,7,9H2,1-3H3,(H,22,24)(H,23,25). The topological polar surface area (TPSA) is 58.2 Å². The fourth-order valence-corrected chi connectivity index (χ4v) is 3.24. The van der Waals surface area contributed by atoms with Crippen LogP contribution < -0.4 is 10.6 Å². The average molecular weight is 336 g/mol. The molecule has 0 aliphatic carbocycles. The first kappa shape index (κ1) is 17.2. The zero-order chi connectivity index (χ0) is 18.0. The number of rotatable bonds is 3. The lowest BCUT2D eigenvalue weighted by molar-refractivity contribution is -0.116. The fraction of sp³-hybridized carbons (Fsp3) is 0.333. The van der Waals surface area contributed by atoms with Gasteiger partial charge in [-0.15, -0.1) is 0 Å². The first-order chi connectivity index (χ1) is 12.0. The minimum atomic E-state index is -0.116. The van der Waals surface area contributed by atoms with Gasteiger partial charge in [-0.1, -0.05) is 32.0 Å². The van der Waals surface area contributed by atoms with E-state index in [4.69, 9.17) is 0 Å². The highest BCUT2D eigenvalue weighted by Gasteiger charge is 2.17. The summed E-state index contributed by atoms with van der Waals surface area (Å²) in [5.41, 5.74) is 5.54. The van der Waals surface area contributed by atoms with Crippen molar-refractivity contribution in [2.45, 2.75) is 46.0 Å². The number of carbonyl (C=O) groups is 2. The number of aryl methyl sites for hydroxylation is 2. The van der Waals surface area contributed by atoms with Gasteiger partial charge in [0.15, 0.2) is 0 Å². The quantitative estimate of drug-likeness (QED) is 0.857. The number of fused-ring (bicyclic) bond motifs is 1. The van der Waals surface area contributed by atoms with Gasteiger partial charge in [-0.2, -0.15) is 0 Å². The monoisotopic (exact) mass is 336 g/mol. The molecular weight excluding hydrogens is 312 g/mol. The Bertz CT molecular complexity index is 825. The highest BCUT2D eigenvalue weighted by molar-refractivity contribution is 6.06. The number of nitrogens with one attached hydrogen (secondary N) is 2. The van der Waals surface area contributed by atoms with Crippen LogP contribution in [0.3, 0.4) is 0 Å². The zero-order valence-electron chi connectivity index (χ0n) is 15.0. The van der Waals surface area contributed by atoms with Crippen LogP contribution in [-0.2, 0) is 11.2 Å². The van der Waals surface area contributed by atoms with Crippen molar-refractivity contribution < 1.29 is 9.59 Å². The lowest BCUT2D eigenvalue weighted by Crippen LogP contribution is -2.15. The Balaban J connectivity index is 1.88. The number of amides is 2. The number of para-hydroxylation sites is 1. The SMILES string of the molecule is Cc1cccc(C(C)C)c1NC(=O)c1ccc2c(c1)CCCC(=O)N2. The zero-order valence-corrected chi connectivity index (χ0v) is 15.0. The summed E-state index contributed by atoms with van der Waals surface area (Å²) in [7, 11) is 0. The van der Waals surface area contributed by atoms with Gasteiger partial charge in [-0.25, -0.2) is 0 Å². The van der Waals surface area contributed by atoms with Crippen LogP contribution in [0.2, 0.25) is 0 Å². The predicted molar refractivity (Wildman–Crippen MR) is 101 cm³/mol. The molecule has 0 aromatic heterocycles. The molecule has 2 aromatic carbocycles. The van der Waals surface area contributed by atoms with Crippen molar-refractivity contribution >= 4 is 23.2 Å². The van der Waals surface area contributed by atoms with E-state index in [1.807, 2.05) is 31.2 Å². The molecule has 2 aromatic rings. The van der Waals surface area contributed by atoms with Gasteiger partial charge in [0, 0.05) is 23.4 Å². The van der Waals surface area contributed by atoms with E-state index < -0.39 is 0 Å². The van der Waals surface area contributed by atoms with Crippen molar-refractivity contribution in [1.29, 1.82) is 0 Å². The maximum Gasteiger partial charge on any atom is 0.255 e. The van der Waals surface area contributed by atoms with Crippen LogP contribution in [0.25, 0.3) is 0 Å². The Morgan fingerprint density at radius 2 is 1.96 bits per heavy atom. The minimum Gasteiger partial charge on any atom is -0.326 e. The van der Waals surface area contributed by atoms with Gasteiger partial charge in [0.25, 0.3) is 5.91 Å². The van der Waals surface area contributed by atoms with Gasteiger partial charge < -0.3 is 10.6 Å². The van der Waals surface area contributed by atoms with E-state index in [1.165, 1.54) is 0 Å². The van der Waals surface area contributed by atoms with Crippen LogP contribution in [0, 0.1) is 6.92 Å². The van der Waals surface area contributed by atoms with E-state index in [1.54, 1.807) is 6.07 Å². The van der Waals surface area contributed by atoms with E-state index in [-0.39, 0.29) is 11.8 Å². The second-order valence-corrected chi connectivity index (χ2v) is 6.92. The van der Waals surface area contributed by atoms with Gasteiger partial charge >= 0.3 is 0 Å². The van der Waals surface area contributed by atoms with E-state index >= 15 is 0 Å². The second kappa shape index (κ2) is 7.09. The highest BCUT2D eigenvalue weighted by Crippen LogP contribution is 2.29. The lowest BCUT2D eigenvalue weighted by atomic mass is 9.97. The molecule has 25 heavy (non-hydrogen) atoms. The Labute approximate surface area is 148 Å². The largest absolute Gasteiger partial charge is 0.326 e. The Hall–Kier alpha value is -2.62. The molecule has 0 fully saturated rings. The average Bonchev–Trinajstić information content (AvgIpc) is 2.76. The summed E-state index contributed by atoms with van der Waals surface area (Å²) in [6.45, 7) is 6.25. The van der Waals surface area contributed by atoms with Crippen LogP contribution in [0.5, 0.6) is 0 Å². The van der Waals surface area contributed by atoms with Crippen molar-refractivity contribution in [3.63, 3.8) is 0 Å². The molecule has 4 heteroatoms. The van der Waals surface area contributed by atoms with E-state index in [9.17, 15) is 9.59 Å². The van der Waals surface area contributed by atoms with Gasteiger partial charge in [0.2, 0.25) is 5.91 Å². The summed E-state index contributed by atoms with van der Waals surface area (Å²) in [4.78, 5) is 24.4. The van der Waals surface area contributed by atoms with E-state index in [2.05, 4.69) is 30.5 Å². The summed E-state index contributed by atoms with van der Waals surface area (Å²) in [6.07, 6.45) is 2.13. The van der Waals surface area contributed by atoms with E-state index in [0.29, 0.717) is 17.9 Å². The van der Waals surface area contributed by atoms with Crippen LogP contribution in [0.4, 0.5) is 11.4 Å². The summed E-state index contributed by atoms with van der Waals surface area (Å²) in [6, 6.07) is 11.6. The smallest absolute Gasteiger partial charge is 0.255 e. The number of hydrogen-bond donors (Lipinski definition) is 2. The molecule has 1 heterocycles. The van der Waals surface area contributed by atoms with Crippen LogP contribution >= 0.6 is 0 Å². The summed E-state index contributed by atoms with van der Waals surface area (Å²) in [5.74, 6) is 0.254. The molecule has 0 radical (unpaired) electrons. The molecule has 0 spiro atoms. The molecule has 2 amide bonds. The lowest BCUT2D eigenvalue weighted by Gasteiger charge is -2.17. The number of carbonyl (C=O) groups excluding carboxylic acids is 2. The molecule has 0 saturated carbocycles.